The second-order valence-electron chi connectivity index (χ2n) is 5.18. The maximum absolute atomic E-state index is 12.2. The second kappa shape index (κ2) is 7.06. The largest absolute Gasteiger partial charge is 0.321 e. The molecule has 3 rings (SSSR count). The van der Waals surface area contributed by atoms with Crippen LogP contribution in [0.3, 0.4) is 0 Å². The summed E-state index contributed by atoms with van der Waals surface area (Å²) in [5.74, 6) is 0.0919. The van der Waals surface area contributed by atoms with Gasteiger partial charge in [-0.15, -0.1) is 11.3 Å². The van der Waals surface area contributed by atoms with Crippen LogP contribution in [0.1, 0.15) is 25.6 Å². The molecule has 2 aromatic heterocycles. The maximum Gasteiger partial charge on any atom is 0.265 e. The summed E-state index contributed by atoms with van der Waals surface area (Å²) in [6.45, 7) is 1.93. The number of hydrogen-bond donors (Lipinski definition) is 2. The van der Waals surface area contributed by atoms with Crippen LogP contribution < -0.4 is 10.6 Å². The zero-order chi connectivity index (χ0) is 16.9. The third-order valence-corrected chi connectivity index (χ3v) is 4.17. The van der Waals surface area contributed by atoms with Crippen molar-refractivity contribution in [3.05, 3.63) is 76.1 Å². The van der Waals surface area contributed by atoms with E-state index in [2.05, 4.69) is 15.6 Å². The lowest BCUT2D eigenvalue weighted by atomic mass is 10.2. The number of rotatable bonds is 4. The Morgan fingerprint density at radius 2 is 1.75 bits per heavy atom. The molecule has 0 radical (unpaired) electrons. The fourth-order valence-electron chi connectivity index (χ4n) is 2.04. The number of benzene rings is 1. The number of thiophene rings is 1. The van der Waals surface area contributed by atoms with Gasteiger partial charge in [0.2, 0.25) is 0 Å². The Labute approximate surface area is 143 Å². The SMILES string of the molecule is Cc1ccc(NC(=O)c2ccc(NC(=O)c3cccs3)cc2)nc1. The standard InChI is InChI=1S/C18H15N3O2S/c1-12-4-9-16(19-11-12)21-17(22)13-5-7-14(8-6-13)20-18(23)15-3-2-10-24-15/h2-11H,1H3,(H,20,23)(H,19,21,22). The number of hydrogen-bond acceptors (Lipinski definition) is 4. The molecule has 3 aromatic rings. The van der Waals surface area contributed by atoms with E-state index in [-0.39, 0.29) is 11.8 Å². The molecule has 2 N–H and O–H groups in total. The highest BCUT2D eigenvalue weighted by molar-refractivity contribution is 7.12. The van der Waals surface area contributed by atoms with Gasteiger partial charge in [0.25, 0.3) is 11.8 Å². The predicted molar refractivity (Wildman–Crippen MR) is 95.6 cm³/mol. The molecule has 1 aromatic carbocycles. The first-order valence-electron chi connectivity index (χ1n) is 7.31. The van der Waals surface area contributed by atoms with E-state index in [9.17, 15) is 9.59 Å². The van der Waals surface area contributed by atoms with Crippen LogP contribution in [0.4, 0.5) is 11.5 Å². The molecule has 0 aliphatic rings. The highest BCUT2D eigenvalue weighted by Gasteiger charge is 2.09. The Bertz CT molecular complexity index is 841. The summed E-state index contributed by atoms with van der Waals surface area (Å²) in [7, 11) is 0. The summed E-state index contributed by atoms with van der Waals surface area (Å²) in [4.78, 5) is 28.9. The molecule has 0 saturated heterocycles. The van der Waals surface area contributed by atoms with Gasteiger partial charge < -0.3 is 10.6 Å². The molecule has 6 heteroatoms. The minimum Gasteiger partial charge on any atom is -0.321 e. The third-order valence-electron chi connectivity index (χ3n) is 3.30. The van der Waals surface area contributed by atoms with E-state index in [1.165, 1.54) is 11.3 Å². The Hall–Kier alpha value is -2.99. The number of nitrogens with one attached hydrogen (secondary N) is 2. The van der Waals surface area contributed by atoms with Gasteiger partial charge in [-0.05, 0) is 54.3 Å². The fraction of sp³-hybridized carbons (Fsp3) is 0.0556. The van der Waals surface area contributed by atoms with Crippen LogP contribution in [0.25, 0.3) is 0 Å². The van der Waals surface area contributed by atoms with Gasteiger partial charge in [-0.2, -0.15) is 0 Å². The van der Waals surface area contributed by atoms with Crippen molar-refractivity contribution in [3.63, 3.8) is 0 Å². The number of anilines is 2. The lowest BCUT2D eigenvalue weighted by Crippen LogP contribution is -2.13. The molecular weight excluding hydrogens is 322 g/mol. The summed E-state index contributed by atoms with van der Waals surface area (Å²) >= 11 is 1.38. The Morgan fingerprint density at radius 3 is 2.38 bits per heavy atom. The van der Waals surface area contributed by atoms with Gasteiger partial charge in [-0.1, -0.05) is 12.1 Å². The molecule has 0 saturated carbocycles. The van der Waals surface area contributed by atoms with E-state index in [0.29, 0.717) is 21.9 Å². The summed E-state index contributed by atoms with van der Waals surface area (Å²) in [6, 6.07) is 13.9. The molecule has 0 aliphatic carbocycles. The highest BCUT2D eigenvalue weighted by atomic mass is 32.1. The number of amides is 2. The van der Waals surface area contributed by atoms with E-state index in [1.807, 2.05) is 24.4 Å². The third kappa shape index (κ3) is 3.85. The quantitative estimate of drug-likeness (QED) is 0.757. The van der Waals surface area contributed by atoms with Crippen LogP contribution in [-0.2, 0) is 0 Å². The highest BCUT2D eigenvalue weighted by Crippen LogP contribution is 2.15. The van der Waals surface area contributed by atoms with Crippen LogP contribution in [0.15, 0.2) is 60.1 Å². The normalized spacial score (nSPS) is 10.2. The van der Waals surface area contributed by atoms with Crippen molar-refractivity contribution in [2.24, 2.45) is 0 Å². The first kappa shape index (κ1) is 15.9. The van der Waals surface area contributed by atoms with Crippen molar-refractivity contribution in [2.45, 2.75) is 6.92 Å². The predicted octanol–water partition coefficient (Wildman–Crippen LogP) is 3.96. The lowest BCUT2D eigenvalue weighted by molar-refractivity contribution is 0.102. The van der Waals surface area contributed by atoms with E-state index >= 15 is 0 Å². The first-order valence-corrected chi connectivity index (χ1v) is 8.19. The molecule has 0 bridgehead atoms. The summed E-state index contributed by atoms with van der Waals surface area (Å²) < 4.78 is 0. The average Bonchev–Trinajstić information content (AvgIpc) is 3.12. The van der Waals surface area contributed by atoms with E-state index in [1.54, 1.807) is 42.6 Å². The van der Waals surface area contributed by atoms with Crippen LogP contribution in [0.5, 0.6) is 0 Å². The van der Waals surface area contributed by atoms with Crippen molar-refractivity contribution >= 4 is 34.7 Å². The van der Waals surface area contributed by atoms with Crippen molar-refractivity contribution in [2.75, 3.05) is 10.6 Å². The molecule has 120 valence electrons. The zero-order valence-electron chi connectivity index (χ0n) is 12.9. The summed E-state index contributed by atoms with van der Waals surface area (Å²) in [6.07, 6.45) is 1.69. The van der Waals surface area contributed by atoms with E-state index < -0.39 is 0 Å². The van der Waals surface area contributed by atoms with E-state index in [0.717, 1.165) is 5.56 Å². The minimum absolute atomic E-state index is 0.161. The lowest BCUT2D eigenvalue weighted by Gasteiger charge is -2.07. The number of aromatic nitrogens is 1. The fourth-order valence-corrected chi connectivity index (χ4v) is 2.65. The van der Waals surface area contributed by atoms with Gasteiger partial charge in [0.15, 0.2) is 0 Å². The summed E-state index contributed by atoms with van der Waals surface area (Å²) in [5, 5.41) is 7.37. The summed E-state index contributed by atoms with van der Waals surface area (Å²) in [5.41, 5.74) is 2.16. The van der Waals surface area contributed by atoms with Gasteiger partial charge in [0, 0.05) is 17.4 Å². The monoisotopic (exact) mass is 337 g/mol. The van der Waals surface area contributed by atoms with E-state index in [4.69, 9.17) is 0 Å². The molecule has 0 spiro atoms. The van der Waals surface area contributed by atoms with Crippen molar-refractivity contribution in [3.8, 4) is 0 Å². The molecule has 0 aliphatic heterocycles. The van der Waals surface area contributed by atoms with Crippen LogP contribution in [-0.4, -0.2) is 16.8 Å². The van der Waals surface area contributed by atoms with Gasteiger partial charge in [0.05, 0.1) is 4.88 Å². The van der Waals surface area contributed by atoms with Gasteiger partial charge in [-0.25, -0.2) is 4.98 Å². The molecule has 24 heavy (non-hydrogen) atoms. The Kier molecular flexibility index (Phi) is 4.67. The molecule has 0 unspecified atom stereocenters. The topological polar surface area (TPSA) is 71.1 Å². The van der Waals surface area contributed by atoms with Crippen molar-refractivity contribution < 1.29 is 9.59 Å². The molecule has 2 amide bonds. The smallest absolute Gasteiger partial charge is 0.265 e. The average molecular weight is 337 g/mol. The van der Waals surface area contributed by atoms with Crippen molar-refractivity contribution in [1.82, 2.24) is 4.98 Å². The molecule has 0 fully saturated rings. The van der Waals surface area contributed by atoms with Gasteiger partial charge >= 0.3 is 0 Å². The van der Waals surface area contributed by atoms with Gasteiger partial charge in [-0.3, -0.25) is 9.59 Å². The number of nitrogens with zero attached hydrogens (tertiary/aromatic N) is 1. The number of carbonyl (C=O) groups excluding carboxylic acids is 2. The van der Waals surface area contributed by atoms with Crippen LogP contribution in [0, 0.1) is 6.92 Å². The van der Waals surface area contributed by atoms with Gasteiger partial charge in [0.1, 0.15) is 5.82 Å². The van der Waals surface area contributed by atoms with Crippen molar-refractivity contribution in [1.29, 1.82) is 0 Å². The maximum atomic E-state index is 12.2. The second-order valence-corrected chi connectivity index (χ2v) is 6.13. The Balaban J connectivity index is 1.64. The molecule has 5 nitrogen and oxygen atoms in total. The molecule has 0 atom stereocenters. The number of carbonyl (C=O) groups is 2. The Morgan fingerprint density at radius 1 is 0.958 bits per heavy atom. The first-order chi connectivity index (χ1) is 11.6. The van der Waals surface area contributed by atoms with Crippen LogP contribution in [0.2, 0.25) is 0 Å². The molecular formula is C18H15N3O2S. The zero-order valence-corrected chi connectivity index (χ0v) is 13.8. The molecule has 2 heterocycles. The number of pyridine rings is 1. The minimum atomic E-state index is -0.248. The number of aryl methyl sites for hydroxylation is 1. The van der Waals surface area contributed by atoms with Crippen LogP contribution >= 0.6 is 11.3 Å².